The van der Waals surface area contributed by atoms with Gasteiger partial charge < -0.3 is 14.5 Å². The summed E-state index contributed by atoms with van der Waals surface area (Å²) in [5.41, 5.74) is 2.06. The highest BCUT2D eigenvalue weighted by Gasteiger charge is 2.40. The normalized spacial score (nSPS) is 19.9. The van der Waals surface area contributed by atoms with Crippen molar-refractivity contribution in [3.63, 3.8) is 0 Å². The summed E-state index contributed by atoms with van der Waals surface area (Å²) < 4.78 is 41.5. The van der Waals surface area contributed by atoms with Gasteiger partial charge in [-0.15, -0.1) is 0 Å². The van der Waals surface area contributed by atoms with Gasteiger partial charge >= 0.3 is 5.97 Å². The Morgan fingerprint density at radius 2 is 1.91 bits per heavy atom. The van der Waals surface area contributed by atoms with Crippen molar-refractivity contribution in [2.75, 3.05) is 0 Å². The molecule has 1 N–H and O–H groups in total. The molecular weight excluding hydrogens is 464 g/mol. The van der Waals surface area contributed by atoms with Crippen LogP contribution in [0.15, 0.2) is 51.9 Å². The molecular formula is C27H28N2O5S. The van der Waals surface area contributed by atoms with Crippen molar-refractivity contribution < 1.29 is 22.4 Å². The first-order chi connectivity index (χ1) is 16.5. The van der Waals surface area contributed by atoms with Crippen molar-refractivity contribution in [3.8, 4) is 0 Å². The summed E-state index contributed by atoms with van der Waals surface area (Å²) in [7, 11) is -4.13. The summed E-state index contributed by atoms with van der Waals surface area (Å²) in [5.74, 6) is 0.159. The highest BCUT2D eigenvalue weighted by molar-refractivity contribution is 7.90. The minimum absolute atomic E-state index is 0.0267. The van der Waals surface area contributed by atoms with Gasteiger partial charge in [-0.3, -0.25) is 0 Å². The Morgan fingerprint density at radius 1 is 1.14 bits per heavy atom. The van der Waals surface area contributed by atoms with E-state index in [0.717, 1.165) is 41.5 Å². The number of carbonyl (C=O) groups is 1. The van der Waals surface area contributed by atoms with Crippen molar-refractivity contribution >= 4 is 37.9 Å². The first-order valence-corrected chi connectivity index (χ1v) is 13.4. The zero-order valence-electron chi connectivity index (χ0n) is 20.2. The summed E-state index contributed by atoms with van der Waals surface area (Å²) in [6, 6.07) is 10.9. The molecule has 0 aliphatic carbocycles. The molecule has 4 aromatic rings. The van der Waals surface area contributed by atoms with Gasteiger partial charge in [0.25, 0.3) is 10.0 Å². The monoisotopic (exact) mass is 492 g/mol. The second kappa shape index (κ2) is 7.45. The maximum Gasteiger partial charge on any atom is 0.340 e. The van der Waals surface area contributed by atoms with Crippen LogP contribution in [0.1, 0.15) is 66.9 Å². The van der Waals surface area contributed by atoms with Crippen molar-refractivity contribution in [2.45, 2.75) is 69.5 Å². The number of nitrogens with zero attached hydrogens (tertiary/aromatic N) is 1. The fourth-order valence-electron chi connectivity index (χ4n) is 5.56. The fourth-order valence-corrected chi connectivity index (χ4v) is 7.17. The van der Waals surface area contributed by atoms with E-state index >= 15 is 0 Å². The number of hydrogen-bond donors (Lipinski definition) is 1. The van der Waals surface area contributed by atoms with Crippen molar-refractivity contribution in [3.05, 3.63) is 65.0 Å². The molecule has 0 amide bonds. The number of fused-ring (bicyclic) bond motifs is 7. The van der Waals surface area contributed by atoms with E-state index in [1.165, 1.54) is 10.0 Å². The van der Waals surface area contributed by atoms with Gasteiger partial charge in [0.15, 0.2) is 0 Å². The zero-order valence-corrected chi connectivity index (χ0v) is 21.0. The van der Waals surface area contributed by atoms with Crippen molar-refractivity contribution in [1.29, 1.82) is 0 Å². The summed E-state index contributed by atoms with van der Waals surface area (Å²) in [5, 5.41) is 4.98. The number of hydrogen-bond acceptors (Lipinski definition) is 6. The highest BCUT2D eigenvalue weighted by atomic mass is 32.2. The van der Waals surface area contributed by atoms with Crippen LogP contribution in [0.4, 0.5) is 0 Å². The maximum absolute atomic E-state index is 14.2. The Balaban J connectivity index is 1.65. The molecule has 7 nitrogen and oxygen atoms in total. The van der Waals surface area contributed by atoms with Crippen LogP contribution >= 0.6 is 0 Å². The van der Waals surface area contributed by atoms with E-state index in [2.05, 4.69) is 5.32 Å². The highest BCUT2D eigenvalue weighted by Crippen LogP contribution is 2.44. The van der Waals surface area contributed by atoms with Crippen molar-refractivity contribution in [1.82, 2.24) is 9.29 Å². The van der Waals surface area contributed by atoms with Crippen molar-refractivity contribution in [2.24, 2.45) is 0 Å². The van der Waals surface area contributed by atoms with Gasteiger partial charge in [-0.25, -0.2) is 17.2 Å². The van der Waals surface area contributed by atoms with E-state index in [1.807, 2.05) is 19.1 Å². The van der Waals surface area contributed by atoms with Gasteiger partial charge in [-0.05, 0) is 64.3 Å². The van der Waals surface area contributed by atoms with Crippen LogP contribution in [0.25, 0.3) is 21.9 Å². The van der Waals surface area contributed by atoms with Crippen LogP contribution < -0.4 is 5.32 Å². The SMILES string of the molecule is Cc1cn(S(=O)(=O)c2ccc3oc4c(c3c2C(=O)OC(C)(C)C)C2CCC(C4)N2)c2ccccc12. The second-order valence-electron chi connectivity index (χ2n) is 10.6. The Bertz CT molecular complexity index is 1620. The number of aryl methyl sites for hydroxylation is 1. The molecule has 2 unspecified atom stereocenters. The molecule has 0 spiro atoms. The molecule has 2 aliphatic heterocycles. The topological polar surface area (TPSA) is 90.5 Å². The van der Waals surface area contributed by atoms with Gasteiger partial charge in [0.05, 0.1) is 11.1 Å². The average molecular weight is 493 g/mol. The molecule has 182 valence electrons. The van der Waals surface area contributed by atoms with E-state index in [1.54, 1.807) is 45.2 Å². The molecule has 35 heavy (non-hydrogen) atoms. The van der Waals surface area contributed by atoms with Crippen LogP contribution in [0.2, 0.25) is 0 Å². The molecule has 4 heterocycles. The quantitative estimate of drug-likeness (QED) is 0.394. The van der Waals surface area contributed by atoms with E-state index in [0.29, 0.717) is 22.5 Å². The Labute approximate surface area is 204 Å². The molecule has 1 fully saturated rings. The van der Waals surface area contributed by atoms with E-state index in [-0.39, 0.29) is 16.5 Å². The molecule has 1 saturated heterocycles. The number of rotatable bonds is 3. The van der Waals surface area contributed by atoms with Crippen LogP contribution in [0, 0.1) is 6.92 Å². The third-order valence-electron chi connectivity index (χ3n) is 6.97. The number of para-hydroxylation sites is 1. The van der Waals surface area contributed by atoms with Crippen LogP contribution in [-0.4, -0.2) is 30.0 Å². The molecule has 0 radical (unpaired) electrons. The predicted octanol–water partition coefficient (Wildman–Crippen LogP) is 5.24. The molecule has 2 aromatic heterocycles. The number of benzene rings is 2. The Kier molecular flexibility index (Phi) is 4.76. The van der Waals surface area contributed by atoms with E-state index < -0.39 is 21.6 Å². The lowest BCUT2D eigenvalue weighted by atomic mass is 9.96. The van der Waals surface area contributed by atoms with Gasteiger partial charge in [0.2, 0.25) is 0 Å². The van der Waals surface area contributed by atoms with Gasteiger partial charge in [0.1, 0.15) is 21.8 Å². The number of aromatic nitrogens is 1. The van der Waals surface area contributed by atoms with Crippen LogP contribution in [0.3, 0.4) is 0 Å². The lowest BCUT2D eigenvalue weighted by molar-refractivity contribution is 0.00674. The minimum atomic E-state index is -4.13. The largest absolute Gasteiger partial charge is 0.461 e. The molecule has 2 aromatic carbocycles. The van der Waals surface area contributed by atoms with Gasteiger partial charge in [0, 0.05) is 41.0 Å². The molecule has 2 atom stereocenters. The third kappa shape index (κ3) is 3.42. The average Bonchev–Trinajstić information content (AvgIpc) is 3.46. The lowest BCUT2D eigenvalue weighted by Crippen LogP contribution is -2.31. The number of carbonyl (C=O) groups excluding carboxylic acids is 1. The van der Waals surface area contributed by atoms with E-state index in [4.69, 9.17) is 9.15 Å². The fraction of sp³-hybridized carbons (Fsp3) is 0.370. The van der Waals surface area contributed by atoms with Gasteiger partial charge in [-0.1, -0.05) is 18.2 Å². The maximum atomic E-state index is 14.2. The summed E-state index contributed by atoms with van der Waals surface area (Å²) in [6.45, 7) is 7.20. The second-order valence-corrected chi connectivity index (χ2v) is 12.4. The summed E-state index contributed by atoms with van der Waals surface area (Å²) in [6.07, 6.45) is 4.26. The predicted molar refractivity (Wildman–Crippen MR) is 133 cm³/mol. The summed E-state index contributed by atoms with van der Waals surface area (Å²) >= 11 is 0. The summed E-state index contributed by atoms with van der Waals surface area (Å²) in [4.78, 5) is 13.6. The number of ether oxygens (including phenoxy) is 1. The van der Waals surface area contributed by atoms with Crippen LogP contribution in [0.5, 0.6) is 0 Å². The third-order valence-corrected chi connectivity index (χ3v) is 8.69. The number of esters is 1. The molecule has 0 saturated carbocycles. The van der Waals surface area contributed by atoms with Crippen LogP contribution in [-0.2, 0) is 21.2 Å². The molecule has 2 aliphatic rings. The molecule has 8 heteroatoms. The first-order valence-electron chi connectivity index (χ1n) is 11.9. The van der Waals surface area contributed by atoms with E-state index in [9.17, 15) is 13.2 Å². The Hall–Kier alpha value is -3.10. The zero-order chi connectivity index (χ0) is 24.7. The minimum Gasteiger partial charge on any atom is -0.461 e. The number of nitrogens with one attached hydrogen (secondary N) is 1. The van der Waals surface area contributed by atoms with Gasteiger partial charge in [-0.2, -0.15) is 0 Å². The first kappa shape index (κ1) is 22.4. The smallest absolute Gasteiger partial charge is 0.340 e. The lowest BCUT2D eigenvalue weighted by Gasteiger charge is -2.23. The molecule has 2 bridgehead atoms. The standard InChI is InChI=1S/C27H28N2O5S/c1-15-14-29(19-8-6-5-7-17(15)19)35(31,32)22-12-11-20-24(25(22)26(30)34-27(2,3)4)23-18-10-9-16(28-18)13-21(23)33-20/h5-8,11-12,14,16,18,28H,9-10,13H2,1-4H3. The molecule has 6 rings (SSSR count). The number of furan rings is 1. The Morgan fingerprint density at radius 3 is 2.69 bits per heavy atom.